The van der Waals surface area contributed by atoms with Crippen LogP contribution in [-0.4, -0.2) is 47.4 Å². The molecule has 13 heteroatoms. The van der Waals surface area contributed by atoms with Crippen molar-refractivity contribution in [3.8, 4) is 0 Å². The molecular formula is C16H18N4O6S3. The number of carbonyl (C=O) groups excluding carboxylic acids is 1. The van der Waals surface area contributed by atoms with Crippen LogP contribution >= 0.6 is 36.0 Å². The summed E-state index contributed by atoms with van der Waals surface area (Å²) in [6.07, 6.45) is 2.61. The molecule has 0 aromatic heterocycles. The van der Waals surface area contributed by atoms with Gasteiger partial charge in [-0.05, 0) is 29.7 Å². The number of rotatable bonds is 11. The zero-order valence-electron chi connectivity index (χ0n) is 15.5. The van der Waals surface area contributed by atoms with Crippen LogP contribution in [0, 0.1) is 0 Å². The van der Waals surface area contributed by atoms with Crippen LogP contribution in [0.4, 0.5) is 5.69 Å². The molecule has 0 radical (unpaired) electrons. The molecule has 1 aromatic carbocycles. The monoisotopic (exact) mass is 458 g/mol. The summed E-state index contributed by atoms with van der Waals surface area (Å²) >= 11 is 7.22. The van der Waals surface area contributed by atoms with Gasteiger partial charge in [-0.2, -0.15) is 0 Å². The smallest absolute Gasteiger partial charge is 0.266 e. The normalized spacial score (nSPS) is 15.4. The first-order valence-electron chi connectivity index (χ1n) is 8.19. The highest BCUT2D eigenvalue weighted by atomic mass is 32.2. The van der Waals surface area contributed by atoms with E-state index in [1.165, 1.54) is 22.7 Å². The summed E-state index contributed by atoms with van der Waals surface area (Å²) in [6, 6.07) is 4.78. The molecular weight excluding hydrogens is 440 g/mol. The summed E-state index contributed by atoms with van der Waals surface area (Å²) in [6.45, 7) is 0.449. The lowest BCUT2D eigenvalue weighted by Crippen LogP contribution is -2.29. The van der Waals surface area contributed by atoms with Crippen molar-refractivity contribution >= 4 is 58.0 Å². The summed E-state index contributed by atoms with van der Waals surface area (Å²) < 4.78 is 15.2. The minimum Gasteiger partial charge on any atom is -0.356 e. The Hall–Kier alpha value is -1.67. The van der Waals surface area contributed by atoms with E-state index in [1.54, 1.807) is 32.4 Å². The predicted molar refractivity (Wildman–Crippen MR) is 113 cm³/mol. The van der Waals surface area contributed by atoms with Gasteiger partial charge in [0, 0.05) is 42.7 Å². The van der Waals surface area contributed by atoms with E-state index in [2.05, 4.69) is 19.4 Å². The van der Waals surface area contributed by atoms with Gasteiger partial charge in [0.05, 0.1) is 16.9 Å². The van der Waals surface area contributed by atoms with Crippen LogP contribution in [0.1, 0.15) is 18.4 Å². The molecule has 156 valence electrons. The SMILES string of the molecule is COC(CCCN1C(=O)C(=Cc2ccc(N=[N+]=[N-])cc2SOOO)SC1=S)OC. The molecule has 29 heavy (non-hydrogen) atoms. The Morgan fingerprint density at radius 3 is 2.86 bits per heavy atom. The first-order valence-corrected chi connectivity index (χ1v) is 10.2. The molecule has 1 amide bonds. The standard InChI is InChI=1S/C16H18N4O6S3/c1-23-14(24-2)4-3-7-20-15(21)13(28-16(20)27)8-10-5-6-11(18-19-17)9-12(10)29-26-25-22/h5-6,8-9,14,22H,3-4,7H2,1-2H3. The van der Waals surface area contributed by atoms with Gasteiger partial charge < -0.3 is 9.47 Å². The third-order valence-electron chi connectivity index (χ3n) is 3.82. The Balaban J connectivity index is 2.16. The van der Waals surface area contributed by atoms with Crippen molar-refractivity contribution in [1.82, 2.24) is 4.90 Å². The van der Waals surface area contributed by atoms with Crippen LogP contribution in [0.2, 0.25) is 0 Å². The fourth-order valence-electron chi connectivity index (χ4n) is 2.46. The second kappa shape index (κ2) is 12.1. The third-order valence-corrected chi connectivity index (χ3v) is 5.86. The summed E-state index contributed by atoms with van der Waals surface area (Å²) in [4.78, 5) is 17.9. The molecule has 1 heterocycles. The second-order valence-electron chi connectivity index (χ2n) is 5.51. The quantitative estimate of drug-likeness (QED) is 0.0580. The van der Waals surface area contributed by atoms with Crippen LogP contribution < -0.4 is 0 Å². The van der Waals surface area contributed by atoms with E-state index >= 15 is 0 Å². The number of carbonyl (C=O) groups is 1. The van der Waals surface area contributed by atoms with Crippen molar-refractivity contribution in [2.75, 3.05) is 20.8 Å². The van der Waals surface area contributed by atoms with E-state index in [1.807, 2.05) is 0 Å². The molecule has 1 fully saturated rings. The minimum atomic E-state index is -0.327. The second-order valence-corrected chi connectivity index (χ2v) is 7.93. The Morgan fingerprint density at radius 1 is 1.45 bits per heavy atom. The number of hydrogen-bond donors (Lipinski definition) is 1. The van der Waals surface area contributed by atoms with Gasteiger partial charge in [-0.15, -0.1) is 4.33 Å². The molecule has 0 aliphatic carbocycles. The van der Waals surface area contributed by atoms with Gasteiger partial charge >= 0.3 is 0 Å². The lowest BCUT2D eigenvalue weighted by Gasteiger charge is -2.17. The maximum absolute atomic E-state index is 12.7. The lowest BCUT2D eigenvalue weighted by atomic mass is 10.2. The third kappa shape index (κ3) is 6.67. The molecule has 1 N–H and O–H groups in total. The van der Waals surface area contributed by atoms with Crippen molar-refractivity contribution < 1.29 is 28.9 Å². The summed E-state index contributed by atoms with van der Waals surface area (Å²) in [5.41, 5.74) is 9.52. The van der Waals surface area contributed by atoms with Gasteiger partial charge in [-0.1, -0.05) is 46.3 Å². The van der Waals surface area contributed by atoms with Gasteiger partial charge in [0.15, 0.2) is 6.29 Å². The van der Waals surface area contributed by atoms with Crippen molar-refractivity contribution in [3.05, 3.63) is 39.1 Å². The molecule has 1 aromatic rings. The Kier molecular flexibility index (Phi) is 9.87. The van der Waals surface area contributed by atoms with E-state index in [4.69, 9.17) is 32.5 Å². The van der Waals surface area contributed by atoms with Gasteiger partial charge in [-0.25, -0.2) is 5.26 Å². The number of thioether (sulfide) groups is 1. The van der Waals surface area contributed by atoms with Crippen LogP contribution in [0.3, 0.4) is 0 Å². The van der Waals surface area contributed by atoms with Gasteiger partial charge in [-0.3, -0.25) is 9.69 Å². The van der Waals surface area contributed by atoms with Crippen LogP contribution in [0.15, 0.2) is 33.1 Å². The molecule has 1 aliphatic rings. The molecule has 0 unspecified atom stereocenters. The maximum Gasteiger partial charge on any atom is 0.266 e. The fourth-order valence-corrected chi connectivity index (χ4v) is 4.26. The van der Waals surface area contributed by atoms with Crippen molar-refractivity contribution in [3.63, 3.8) is 0 Å². The number of thiocarbonyl (C=S) groups is 1. The number of benzene rings is 1. The molecule has 0 saturated carbocycles. The average Bonchev–Trinajstić information content (AvgIpc) is 2.98. The summed E-state index contributed by atoms with van der Waals surface area (Å²) in [5, 5.41) is 15.5. The van der Waals surface area contributed by atoms with Crippen molar-refractivity contribution in [1.29, 1.82) is 0 Å². The van der Waals surface area contributed by atoms with Crippen molar-refractivity contribution in [2.45, 2.75) is 24.0 Å². The lowest BCUT2D eigenvalue weighted by molar-refractivity contribution is -0.432. The molecule has 0 bridgehead atoms. The van der Waals surface area contributed by atoms with Crippen molar-refractivity contribution in [2.24, 2.45) is 5.11 Å². The molecule has 1 aliphatic heterocycles. The number of hydrogen-bond acceptors (Lipinski definition) is 10. The summed E-state index contributed by atoms with van der Waals surface area (Å²) in [5.74, 6) is -0.208. The molecule has 2 rings (SSSR count). The number of nitrogens with zero attached hydrogens (tertiary/aromatic N) is 4. The number of azide groups is 1. The molecule has 0 atom stereocenters. The Labute approximate surface area is 180 Å². The van der Waals surface area contributed by atoms with E-state index in [0.29, 0.717) is 56.8 Å². The van der Waals surface area contributed by atoms with Crippen LogP contribution in [0.5, 0.6) is 0 Å². The largest absolute Gasteiger partial charge is 0.356 e. The number of methoxy groups -OCH3 is 2. The maximum atomic E-state index is 12.7. The van der Waals surface area contributed by atoms with E-state index in [-0.39, 0.29) is 12.2 Å². The molecule has 1 saturated heterocycles. The topological polar surface area (TPSA) is 126 Å². The molecule has 0 spiro atoms. The van der Waals surface area contributed by atoms with Gasteiger partial charge in [0.1, 0.15) is 4.32 Å². The fraction of sp³-hybridized carbons (Fsp3) is 0.375. The van der Waals surface area contributed by atoms with E-state index in [0.717, 1.165) is 0 Å². The van der Waals surface area contributed by atoms with Gasteiger partial charge in [0.2, 0.25) is 0 Å². The zero-order chi connectivity index (χ0) is 21.2. The van der Waals surface area contributed by atoms with E-state index in [9.17, 15) is 4.79 Å². The average molecular weight is 459 g/mol. The van der Waals surface area contributed by atoms with Crippen LogP contribution in [-0.2, 0) is 23.6 Å². The van der Waals surface area contributed by atoms with Crippen LogP contribution in [0.25, 0.3) is 16.5 Å². The predicted octanol–water partition coefficient (Wildman–Crippen LogP) is 4.66. The van der Waals surface area contributed by atoms with Gasteiger partial charge in [0.25, 0.3) is 5.91 Å². The Bertz CT molecular complexity index is 827. The number of ether oxygens (including phenoxy) is 2. The highest BCUT2D eigenvalue weighted by Gasteiger charge is 2.32. The minimum absolute atomic E-state index is 0.208. The highest BCUT2D eigenvalue weighted by molar-refractivity contribution is 8.26. The number of amides is 1. The zero-order valence-corrected chi connectivity index (χ0v) is 18.0. The highest BCUT2D eigenvalue weighted by Crippen LogP contribution is 2.36. The summed E-state index contributed by atoms with van der Waals surface area (Å²) in [7, 11) is 3.12. The van der Waals surface area contributed by atoms with E-state index < -0.39 is 0 Å². The first kappa shape index (κ1) is 23.6. The Morgan fingerprint density at radius 2 is 2.21 bits per heavy atom. The first-order chi connectivity index (χ1) is 14.0. The molecule has 10 nitrogen and oxygen atoms in total.